The van der Waals surface area contributed by atoms with Gasteiger partial charge in [-0.2, -0.15) is 0 Å². The number of rotatable bonds is 9. The van der Waals surface area contributed by atoms with E-state index in [0.717, 1.165) is 56.7 Å². The molecular weight excluding hydrogens is 801 g/mol. The lowest BCUT2D eigenvalue weighted by Crippen LogP contribution is -2.09. The largest absolute Gasteiger partial charge is 0.310 e. The summed E-state index contributed by atoms with van der Waals surface area (Å²) in [5.41, 5.74) is 21.5. The minimum absolute atomic E-state index is 0.727. The quantitative estimate of drug-likeness (QED) is 0.145. The summed E-state index contributed by atoms with van der Waals surface area (Å²) in [4.78, 5) is 12.5. The van der Waals surface area contributed by atoms with Gasteiger partial charge in [0.05, 0.1) is 22.4 Å². The third kappa shape index (κ3) is 7.63. The van der Waals surface area contributed by atoms with Crippen LogP contribution in [0, 0.1) is 27.7 Å². The highest BCUT2D eigenvalue weighted by Gasteiger charge is 2.18. The van der Waals surface area contributed by atoms with E-state index < -0.39 is 0 Å². The van der Waals surface area contributed by atoms with Crippen LogP contribution >= 0.6 is 0 Å². The van der Waals surface area contributed by atoms with Crippen LogP contribution in [0.25, 0.3) is 83.6 Å². The van der Waals surface area contributed by atoms with Gasteiger partial charge in [0.15, 0.2) is 5.82 Å². The molecule has 0 spiro atoms. The van der Waals surface area contributed by atoms with Crippen LogP contribution < -0.4 is 4.90 Å². The van der Waals surface area contributed by atoms with E-state index in [1.807, 2.05) is 0 Å². The molecule has 11 aromatic rings. The van der Waals surface area contributed by atoms with Gasteiger partial charge in [-0.05, 0) is 140 Å². The summed E-state index contributed by atoms with van der Waals surface area (Å²) in [6.07, 6.45) is 0. The molecule has 4 heteroatoms. The second-order valence-electron chi connectivity index (χ2n) is 17.4. The highest BCUT2D eigenvalue weighted by atomic mass is 15.1. The fourth-order valence-electron chi connectivity index (χ4n) is 9.48. The Morgan fingerprint density at radius 3 is 1.44 bits per heavy atom. The third-order valence-electron chi connectivity index (χ3n) is 12.8. The summed E-state index contributed by atoms with van der Waals surface area (Å²) in [5.74, 6) is 0.727. The summed E-state index contributed by atoms with van der Waals surface area (Å²) >= 11 is 0. The predicted molar refractivity (Wildman–Crippen MR) is 277 cm³/mol. The number of hydrogen-bond acceptors (Lipinski definition) is 3. The molecule has 0 aliphatic rings. The molecule has 0 bridgehead atoms. The van der Waals surface area contributed by atoms with E-state index in [9.17, 15) is 0 Å². The van der Waals surface area contributed by atoms with Gasteiger partial charge in [0.25, 0.3) is 0 Å². The first kappa shape index (κ1) is 40.4. The zero-order valence-electron chi connectivity index (χ0n) is 37.6. The maximum atomic E-state index is 5.14. The van der Waals surface area contributed by atoms with Gasteiger partial charge in [0.1, 0.15) is 0 Å². The second-order valence-corrected chi connectivity index (χ2v) is 17.4. The fourth-order valence-corrected chi connectivity index (χ4v) is 9.48. The average Bonchev–Trinajstić information content (AvgIpc) is 3.69. The summed E-state index contributed by atoms with van der Waals surface area (Å²) in [6.45, 7) is 8.63. The molecule has 316 valence electrons. The minimum Gasteiger partial charge on any atom is -0.310 e. The van der Waals surface area contributed by atoms with Crippen molar-refractivity contribution >= 4 is 38.9 Å². The highest BCUT2D eigenvalue weighted by Crippen LogP contribution is 2.40. The van der Waals surface area contributed by atoms with Gasteiger partial charge >= 0.3 is 0 Å². The zero-order chi connectivity index (χ0) is 44.7. The second kappa shape index (κ2) is 17.0. The molecule has 0 radical (unpaired) electrons. The summed E-state index contributed by atoms with van der Waals surface area (Å²) in [6, 6.07) is 78.5. The van der Waals surface area contributed by atoms with Crippen molar-refractivity contribution in [1.29, 1.82) is 0 Å². The van der Waals surface area contributed by atoms with Gasteiger partial charge in [0, 0.05) is 50.2 Å². The van der Waals surface area contributed by atoms with Crippen LogP contribution in [0.15, 0.2) is 218 Å². The van der Waals surface area contributed by atoms with E-state index in [0.29, 0.717) is 0 Å². The molecule has 0 unspecified atom stereocenters. The number of hydrogen-bond donors (Lipinski definition) is 0. The van der Waals surface area contributed by atoms with Crippen molar-refractivity contribution in [2.45, 2.75) is 27.7 Å². The molecule has 0 atom stereocenters. The fraction of sp³-hybridized carbons (Fsp3) is 0.0645. The van der Waals surface area contributed by atoms with Crippen LogP contribution in [0.5, 0.6) is 0 Å². The average molecular weight is 849 g/mol. The van der Waals surface area contributed by atoms with Crippen molar-refractivity contribution in [2.24, 2.45) is 0 Å². The van der Waals surface area contributed by atoms with E-state index in [1.165, 1.54) is 66.3 Å². The molecule has 0 saturated carbocycles. The van der Waals surface area contributed by atoms with Crippen LogP contribution in [-0.4, -0.2) is 14.5 Å². The number of fused-ring (bicyclic) bond motifs is 3. The van der Waals surface area contributed by atoms with Gasteiger partial charge < -0.3 is 9.47 Å². The monoisotopic (exact) mass is 848 g/mol. The van der Waals surface area contributed by atoms with Crippen LogP contribution in [0.4, 0.5) is 17.1 Å². The first-order chi connectivity index (χ1) is 32.3. The van der Waals surface area contributed by atoms with Gasteiger partial charge in [-0.1, -0.05) is 151 Å². The first-order valence-corrected chi connectivity index (χ1v) is 22.6. The Labute approximate surface area is 386 Å². The zero-order valence-corrected chi connectivity index (χ0v) is 37.6. The lowest BCUT2D eigenvalue weighted by Gasteiger charge is -2.25. The number of para-hydroxylation sites is 3. The Kier molecular flexibility index (Phi) is 10.4. The van der Waals surface area contributed by atoms with E-state index in [2.05, 4.69) is 256 Å². The van der Waals surface area contributed by atoms with Crippen molar-refractivity contribution in [1.82, 2.24) is 14.5 Å². The number of nitrogens with zero attached hydrogens (tertiary/aromatic N) is 4. The molecule has 66 heavy (non-hydrogen) atoms. The molecule has 0 amide bonds. The highest BCUT2D eigenvalue weighted by molar-refractivity contribution is 6.10. The number of aryl methyl sites for hydroxylation is 4. The molecule has 0 fully saturated rings. The van der Waals surface area contributed by atoms with Crippen LogP contribution in [-0.2, 0) is 0 Å². The Morgan fingerprint density at radius 2 is 0.833 bits per heavy atom. The van der Waals surface area contributed by atoms with Crippen molar-refractivity contribution < 1.29 is 0 Å². The van der Waals surface area contributed by atoms with Gasteiger partial charge in [-0.3, -0.25) is 0 Å². The molecule has 2 aromatic heterocycles. The topological polar surface area (TPSA) is 34.0 Å². The van der Waals surface area contributed by atoms with Crippen molar-refractivity contribution in [3.63, 3.8) is 0 Å². The van der Waals surface area contributed by atoms with Gasteiger partial charge in [-0.25, -0.2) is 9.97 Å². The number of anilines is 3. The summed E-state index contributed by atoms with van der Waals surface area (Å²) in [5, 5.41) is 2.44. The normalized spacial score (nSPS) is 11.3. The maximum Gasteiger partial charge on any atom is 0.160 e. The van der Waals surface area contributed by atoms with Crippen molar-refractivity contribution in [3.05, 3.63) is 241 Å². The van der Waals surface area contributed by atoms with E-state index in [-0.39, 0.29) is 0 Å². The van der Waals surface area contributed by atoms with E-state index >= 15 is 0 Å². The smallest absolute Gasteiger partial charge is 0.160 e. The standard InChI is InChI=1S/C62H48N4/c1-41-19-23-47(24-20-41)57-40-58(64-62(63-57)49-25-21-42(2)22-26-49)50-37-43(3)61(44(4)38-50)48-29-27-45(28-30-48)46-31-33-53(34-32-46)66-59-18-12-11-17-55(59)56-39-54(35-36-60(56)66)65(51-13-7-5-8-14-51)52-15-9-6-10-16-52/h5-40H,1-4H3. The predicted octanol–water partition coefficient (Wildman–Crippen LogP) is 16.6. The van der Waals surface area contributed by atoms with Gasteiger partial charge in [-0.15, -0.1) is 0 Å². The Morgan fingerprint density at radius 1 is 0.348 bits per heavy atom. The van der Waals surface area contributed by atoms with Crippen molar-refractivity contribution in [2.75, 3.05) is 4.90 Å². The Bertz CT molecular complexity index is 3390. The maximum absolute atomic E-state index is 5.14. The number of aromatic nitrogens is 3. The van der Waals surface area contributed by atoms with Crippen LogP contribution in [0.1, 0.15) is 22.3 Å². The molecule has 4 nitrogen and oxygen atoms in total. The van der Waals surface area contributed by atoms with Crippen molar-refractivity contribution in [3.8, 4) is 61.8 Å². The van der Waals surface area contributed by atoms with Crippen LogP contribution in [0.3, 0.4) is 0 Å². The third-order valence-corrected chi connectivity index (χ3v) is 12.8. The Balaban J connectivity index is 0.895. The molecule has 11 rings (SSSR count). The van der Waals surface area contributed by atoms with Gasteiger partial charge in [0.2, 0.25) is 0 Å². The first-order valence-electron chi connectivity index (χ1n) is 22.6. The summed E-state index contributed by atoms with van der Waals surface area (Å²) in [7, 11) is 0. The minimum atomic E-state index is 0.727. The molecule has 0 aliphatic carbocycles. The molecule has 0 saturated heterocycles. The Hall–Kier alpha value is -8.34. The molecule has 9 aromatic carbocycles. The summed E-state index contributed by atoms with van der Waals surface area (Å²) < 4.78 is 2.39. The SMILES string of the molecule is Cc1ccc(-c2cc(-c3cc(C)c(-c4ccc(-c5ccc(-n6c7ccccc7c7cc(N(c8ccccc8)c8ccccc8)ccc76)cc5)cc4)c(C)c3)nc(-c3ccc(C)cc3)n2)cc1. The lowest BCUT2D eigenvalue weighted by atomic mass is 9.91. The van der Waals surface area contributed by atoms with Crippen LogP contribution in [0.2, 0.25) is 0 Å². The molecule has 0 N–H and O–H groups in total. The molecular formula is C62H48N4. The lowest BCUT2D eigenvalue weighted by molar-refractivity contribution is 1.18. The number of benzene rings is 9. The van der Waals surface area contributed by atoms with E-state index in [1.54, 1.807) is 0 Å². The molecule has 2 heterocycles. The molecule has 0 aliphatic heterocycles. The van der Waals surface area contributed by atoms with E-state index in [4.69, 9.17) is 9.97 Å².